The summed E-state index contributed by atoms with van der Waals surface area (Å²) in [6, 6.07) is 12.1. The lowest BCUT2D eigenvalue weighted by atomic mass is 10.1. The molecular weight excluding hydrogens is 238 g/mol. The van der Waals surface area contributed by atoms with Gasteiger partial charge in [-0.25, -0.2) is 0 Å². The van der Waals surface area contributed by atoms with Crippen LogP contribution in [-0.2, 0) is 16.0 Å². The van der Waals surface area contributed by atoms with E-state index in [2.05, 4.69) is 6.07 Å². The van der Waals surface area contributed by atoms with Gasteiger partial charge in [0.1, 0.15) is 6.10 Å². The monoisotopic (exact) mass is 259 g/mol. The average Bonchev–Trinajstić information content (AvgIpc) is 2.44. The maximum absolute atomic E-state index is 11.6. The summed E-state index contributed by atoms with van der Waals surface area (Å²) in [5.74, 6) is -0.185. The third-order valence-corrected chi connectivity index (χ3v) is 2.95. The molecule has 0 spiro atoms. The fraction of sp³-hybridized carbons (Fsp3) is 0.500. The van der Waals surface area contributed by atoms with E-state index >= 15 is 0 Å². The van der Waals surface area contributed by atoms with E-state index in [9.17, 15) is 4.79 Å². The van der Waals surface area contributed by atoms with Crippen molar-refractivity contribution in [3.05, 3.63) is 35.9 Å². The Hall–Kier alpha value is -1.82. The minimum atomic E-state index is -0.283. The molecule has 1 rings (SSSR count). The molecule has 0 heterocycles. The number of carbonyl (C=O) groups is 1. The number of hydrogen-bond acceptors (Lipinski definition) is 3. The Balaban J connectivity index is 2.40. The number of ether oxygens (including phenoxy) is 1. The van der Waals surface area contributed by atoms with Gasteiger partial charge in [0.15, 0.2) is 0 Å². The molecule has 19 heavy (non-hydrogen) atoms. The standard InChI is InChI=1S/C16H21NO2/c1-2-3-9-16(18)19-15(12-13-17)11-10-14-7-5-4-6-8-14/h4-8,15H,2-3,9-12H2,1H3/t15-/m0/s1. The summed E-state index contributed by atoms with van der Waals surface area (Å²) in [5, 5.41) is 8.78. The fourth-order valence-electron chi connectivity index (χ4n) is 1.84. The molecule has 0 unspecified atom stereocenters. The average molecular weight is 259 g/mol. The minimum Gasteiger partial charge on any atom is -0.461 e. The van der Waals surface area contributed by atoms with E-state index in [1.165, 1.54) is 5.56 Å². The lowest BCUT2D eigenvalue weighted by molar-refractivity contribution is -0.149. The summed E-state index contributed by atoms with van der Waals surface area (Å²) >= 11 is 0. The van der Waals surface area contributed by atoms with Crippen molar-refractivity contribution in [2.24, 2.45) is 0 Å². The van der Waals surface area contributed by atoms with Gasteiger partial charge in [0.25, 0.3) is 0 Å². The number of unbranched alkanes of at least 4 members (excludes halogenated alkanes) is 1. The van der Waals surface area contributed by atoms with Gasteiger partial charge in [-0.15, -0.1) is 0 Å². The highest BCUT2D eigenvalue weighted by atomic mass is 16.5. The molecule has 3 heteroatoms. The quantitative estimate of drug-likeness (QED) is 0.670. The summed E-state index contributed by atoms with van der Waals surface area (Å²) in [4.78, 5) is 11.6. The van der Waals surface area contributed by atoms with Gasteiger partial charge >= 0.3 is 5.97 Å². The zero-order valence-electron chi connectivity index (χ0n) is 11.5. The van der Waals surface area contributed by atoms with Crippen molar-refractivity contribution in [2.45, 2.75) is 51.6 Å². The molecule has 0 radical (unpaired) electrons. The summed E-state index contributed by atoms with van der Waals surface area (Å²) in [7, 11) is 0. The Kier molecular flexibility index (Phi) is 7.34. The van der Waals surface area contributed by atoms with E-state index < -0.39 is 0 Å². The predicted octanol–water partition coefficient (Wildman–Crippen LogP) is 3.63. The van der Waals surface area contributed by atoms with Gasteiger partial charge in [-0.1, -0.05) is 43.7 Å². The molecule has 1 aromatic rings. The third-order valence-electron chi connectivity index (χ3n) is 2.95. The number of nitrogens with zero attached hydrogens (tertiary/aromatic N) is 1. The molecule has 0 aromatic heterocycles. The van der Waals surface area contributed by atoms with E-state index in [1.54, 1.807) is 0 Å². The van der Waals surface area contributed by atoms with E-state index in [4.69, 9.17) is 10.00 Å². The third kappa shape index (κ3) is 6.61. The highest BCUT2D eigenvalue weighted by Crippen LogP contribution is 2.11. The minimum absolute atomic E-state index is 0.185. The predicted molar refractivity (Wildman–Crippen MR) is 74.4 cm³/mol. The molecule has 0 saturated heterocycles. The zero-order valence-corrected chi connectivity index (χ0v) is 11.5. The maximum atomic E-state index is 11.6. The van der Waals surface area contributed by atoms with Gasteiger partial charge in [0, 0.05) is 6.42 Å². The fourth-order valence-corrected chi connectivity index (χ4v) is 1.84. The zero-order chi connectivity index (χ0) is 13.9. The van der Waals surface area contributed by atoms with E-state index in [0.717, 1.165) is 19.3 Å². The second-order valence-electron chi connectivity index (χ2n) is 4.60. The molecule has 0 fully saturated rings. The Labute approximate surface area is 115 Å². The molecular formula is C16H21NO2. The van der Waals surface area contributed by atoms with Gasteiger partial charge < -0.3 is 4.74 Å². The largest absolute Gasteiger partial charge is 0.461 e. The Morgan fingerprint density at radius 1 is 1.37 bits per heavy atom. The second-order valence-corrected chi connectivity index (χ2v) is 4.60. The van der Waals surface area contributed by atoms with Crippen LogP contribution in [0.3, 0.4) is 0 Å². The summed E-state index contributed by atoms with van der Waals surface area (Å²) < 4.78 is 5.35. The first-order valence-electron chi connectivity index (χ1n) is 6.86. The lowest BCUT2D eigenvalue weighted by Gasteiger charge is -2.15. The first-order valence-corrected chi connectivity index (χ1v) is 6.86. The van der Waals surface area contributed by atoms with Crippen LogP contribution in [0.1, 0.15) is 44.6 Å². The van der Waals surface area contributed by atoms with Crippen molar-refractivity contribution in [1.29, 1.82) is 5.26 Å². The number of benzene rings is 1. The summed E-state index contributed by atoms with van der Waals surface area (Å²) in [5.41, 5.74) is 1.20. The lowest BCUT2D eigenvalue weighted by Crippen LogP contribution is -2.18. The van der Waals surface area contributed by atoms with Crippen molar-refractivity contribution in [3.8, 4) is 6.07 Å². The van der Waals surface area contributed by atoms with Gasteiger partial charge in [-0.3, -0.25) is 4.79 Å². The van der Waals surface area contributed by atoms with Crippen molar-refractivity contribution in [1.82, 2.24) is 0 Å². The van der Waals surface area contributed by atoms with Gasteiger partial charge in [0.05, 0.1) is 12.5 Å². The molecule has 0 aliphatic carbocycles. The molecule has 0 N–H and O–H groups in total. The smallest absolute Gasteiger partial charge is 0.306 e. The second kappa shape index (κ2) is 9.16. The van der Waals surface area contributed by atoms with Crippen LogP contribution in [0.5, 0.6) is 0 Å². The van der Waals surface area contributed by atoms with Crippen LogP contribution in [0, 0.1) is 11.3 Å². The molecule has 0 bridgehead atoms. The topological polar surface area (TPSA) is 50.1 Å². The molecule has 102 valence electrons. The van der Waals surface area contributed by atoms with Crippen molar-refractivity contribution >= 4 is 5.97 Å². The van der Waals surface area contributed by atoms with E-state index in [-0.39, 0.29) is 18.5 Å². The van der Waals surface area contributed by atoms with Crippen LogP contribution in [0.15, 0.2) is 30.3 Å². The Bertz CT molecular complexity index is 409. The Morgan fingerprint density at radius 3 is 2.74 bits per heavy atom. The van der Waals surface area contributed by atoms with Crippen LogP contribution in [0.2, 0.25) is 0 Å². The van der Waals surface area contributed by atoms with Crippen LogP contribution in [-0.4, -0.2) is 12.1 Å². The van der Waals surface area contributed by atoms with E-state index in [0.29, 0.717) is 12.8 Å². The molecule has 0 saturated carbocycles. The molecule has 3 nitrogen and oxygen atoms in total. The van der Waals surface area contributed by atoms with Crippen LogP contribution >= 0.6 is 0 Å². The molecule has 0 amide bonds. The Morgan fingerprint density at radius 2 is 2.11 bits per heavy atom. The summed E-state index contributed by atoms with van der Waals surface area (Å²) in [6.07, 6.45) is 3.78. The maximum Gasteiger partial charge on any atom is 0.306 e. The van der Waals surface area contributed by atoms with E-state index in [1.807, 2.05) is 37.3 Å². The van der Waals surface area contributed by atoms with Crippen LogP contribution in [0.4, 0.5) is 0 Å². The number of aryl methyl sites for hydroxylation is 1. The SMILES string of the molecule is CCCCC(=O)O[C@H](CC#N)CCc1ccccc1. The molecule has 1 aromatic carbocycles. The van der Waals surface area contributed by atoms with Gasteiger partial charge in [-0.2, -0.15) is 5.26 Å². The van der Waals surface area contributed by atoms with Gasteiger partial charge in [0.2, 0.25) is 0 Å². The van der Waals surface area contributed by atoms with Crippen molar-refractivity contribution in [3.63, 3.8) is 0 Å². The number of carbonyl (C=O) groups excluding carboxylic acids is 1. The number of nitriles is 1. The normalized spacial score (nSPS) is 11.6. The number of esters is 1. The molecule has 0 aliphatic rings. The van der Waals surface area contributed by atoms with Crippen molar-refractivity contribution < 1.29 is 9.53 Å². The number of hydrogen-bond donors (Lipinski definition) is 0. The van der Waals surface area contributed by atoms with Crippen LogP contribution < -0.4 is 0 Å². The highest BCUT2D eigenvalue weighted by Gasteiger charge is 2.14. The summed E-state index contributed by atoms with van der Waals surface area (Å²) in [6.45, 7) is 2.04. The number of rotatable bonds is 8. The van der Waals surface area contributed by atoms with Crippen molar-refractivity contribution in [2.75, 3.05) is 0 Å². The molecule has 1 atom stereocenters. The molecule has 0 aliphatic heterocycles. The first kappa shape index (κ1) is 15.2. The van der Waals surface area contributed by atoms with Crippen LogP contribution in [0.25, 0.3) is 0 Å². The highest BCUT2D eigenvalue weighted by molar-refractivity contribution is 5.69. The van der Waals surface area contributed by atoms with Gasteiger partial charge in [-0.05, 0) is 24.8 Å². The first-order chi connectivity index (χ1) is 9.26.